The van der Waals surface area contributed by atoms with Gasteiger partial charge in [0, 0.05) is 23.7 Å². The quantitative estimate of drug-likeness (QED) is 0.900. The van der Waals surface area contributed by atoms with Crippen molar-refractivity contribution in [1.82, 2.24) is 10.2 Å². The summed E-state index contributed by atoms with van der Waals surface area (Å²) in [5.74, 6) is 1.76. The molecule has 0 amide bonds. The Labute approximate surface area is 128 Å². The number of rotatable bonds is 5. The Hall–Kier alpha value is -1.06. The maximum absolute atomic E-state index is 5.85. The molecule has 2 heterocycles. The first-order valence-corrected chi connectivity index (χ1v) is 8.35. The number of piperidine rings is 1. The second-order valence-corrected chi connectivity index (χ2v) is 6.52. The summed E-state index contributed by atoms with van der Waals surface area (Å²) in [6, 6.07) is 10.5. The van der Waals surface area contributed by atoms with Crippen molar-refractivity contribution in [1.29, 1.82) is 0 Å². The van der Waals surface area contributed by atoms with Crippen molar-refractivity contribution in [3.8, 4) is 5.75 Å². The monoisotopic (exact) mass is 288 g/mol. The van der Waals surface area contributed by atoms with Crippen LogP contribution in [0.2, 0.25) is 0 Å². The van der Waals surface area contributed by atoms with Crippen LogP contribution in [0.5, 0.6) is 5.75 Å². The number of para-hydroxylation sites is 1. The van der Waals surface area contributed by atoms with Gasteiger partial charge in [-0.3, -0.25) is 0 Å². The number of fused-ring (bicyclic) bond motifs is 2. The third kappa shape index (κ3) is 2.82. The van der Waals surface area contributed by atoms with Gasteiger partial charge in [-0.2, -0.15) is 0 Å². The Morgan fingerprint density at radius 1 is 1.24 bits per heavy atom. The van der Waals surface area contributed by atoms with Gasteiger partial charge < -0.3 is 15.0 Å². The van der Waals surface area contributed by atoms with Crippen molar-refractivity contribution in [2.75, 3.05) is 20.7 Å². The van der Waals surface area contributed by atoms with Crippen LogP contribution in [-0.2, 0) is 0 Å². The topological polar surface area (TPSA) is 24.5 Å². The second kappa shape index (κ2) is 6.37. The Morgan fingerprint density at radius 3 is 2.52 bits per heavy atom. The minimum absolute atomic E-state index is 0.407. The summed E-state index contributed by atoms with van der Waals surface area (Å²) in [7, 11) is 4.40. The number of hydrogen-bond acceptors (Lipinski definition) is 3. The van der Waals surface area contributed by atoms with Crippen molar-refractivity contribution < 1.29 is 4.74 Å². The SMILES string of the molecule is CCOc1ccccc1C(NC)C1CC2CCC(C1)N2C. The lowest BCUT2D eigenvalue weighted by atomic mass is 9.82. The number of nitrogens with zero attached hydrogens (tertiary/aromatic N) is 1. The number of ether oxygens (including phenoxy) is 1. The number of hydrogen-bond donors (Lipinski definition) is 1. The van der Waals surface area contributed by atoms with Crippen LogP contribution in [0.1, 0.15) is 44.2 Å². The lowest BCUT2D eigenvalue weighted by molar-refractivity contribution is 0.113. The first-order chi connectivity index (χ1) is 10.2. The molecule has 2 saturated heterocycles. The van der Waals surface area contributed by atoms with E-state index in [1.807, 2.05) is 0 Å². The van der Waals surface area contributed by atoms with Gasteiger partial charge in [0.1, 0.15) is 5.75 Å². The average Bonchev–Trinajstić information content (AvgIpc) is 2.72. The standard InChI is InChI=1S/C18H28N2O/c1-4-21-17-8-6-5-7-16(17)18(19-2)13-11-14-9-10-15(12-13)20(14)3/h5-8,13-15,18-19H,4,9-12H2,1-3H3. The fourth-order valence-electron chi connectivity index (χ4n) is 4.40. The van der Waals surface area contributed by atoms with Gasteiger partial charge in [-0.15, -0.1) is 0 Å². The molecule has 2 aliphatic heterocycles. The molecule has 1 N–H and O–H groups in total. The van der Waals surface area contributed by atoms with Crippen molar-refractivity contribution in [2.24, 2.45) is 5.92 Å². The molecule has 3 nitrogen and oxygen atoms in total. The van der Waals surface area contributed by atoms with Gasteiger partial charge in [-0.25, -0.2) is 0 Å². The largest absolute Gasteiger partial charge is 0.494 e. The molecule has 21 heavy (non-hydrogen) atoms. The fraction of sp³-hybridized carbons (Fsp3) is 0.667. The van der Waals surface area contributed by atoms with Crippen LogP contribution in [-0.4, -0.2) is 37.7 Å². The summed E-state index contributed by atoms with van der Waals surface area (Å²) in [4.78, 5) is 2.61. The van der Waals surface area contributed by atoms with Crippen molar-refractivity contribution >= 4 is 0 Å². The zero-order valence-corrected chi connectivity index (χ0v) is 13.5. The Kier molecular flexibility index (Phi) is 4.51. The molecular formula is C18H28N2O. The fourth-order valence-corrected chi connectivity index (χ4v) is 4.40. The van der Waals surface area contributed by atoms with Crippen LogP contribution in [0.25, 0.3) is 0 Å². The van der Waals surface area contributed by atoms with E-state index in [-0.39, 0.29) is 0 Å². The minimum Gasteiger partial charge on any atom is -0.494 e. The molecule has 0 radical (unpaired) electrons. The molecule has 0 aromatic heterocycles. The molecule has 3 heteroatoms. The highest BCUT2D eigenvalue weighted by Crippen LogP contribution is 2.43. The summed E-state index contributed by atoms with van der Waals surface area (Å²) in [6.45, 7) is 2.78. The van der Waals surface area contributed by atoms with Crippen LogP contribution in [0, 0.1) is 5.92 Å². The maximum Gasteiger partial charge on any atom is 0.124 e. The van der Waals surface area contributed by atoms with Crippen LogP contribution in [0.4, 0.5) is 0 Å². The smallest absolute Gasteiger partial charge is 0.124 e. The highest BCUT2D eigenvalue weighted by molar-refractivity contribution is 5.36. The molecule has 0 saturated carbocycles. The summed E-state index contributed by atoms with van der Waals surface area (Å²) in [6.07, 6.45) is 5.36. The zero-order valence-electron chi connectivity index (χ0n) is 13.5. The number of nitrogens with one attached hydrogen (secondary N) is 1. The van der Waals surface area contributed by atoms with Crippen molar-refractivity contribution in [3.63, 3.8) is 0 Å². The lowest BCUT2D eigenvalue weighted by Crippen LogP contribution is -2.43. The Morgan fingerprint density at radius 2 is 1.90 bits per heavy atom. The van der Waals surface area contributed by atoms with Crippen molar-refractivity contribution in [2.45, 2.75) is 50.7 Å². The molecule has 0 spiro atoms. The highest BCUT2D eigenvalue weighted by Gasteiger charge is 2.41. The van der Waals surface area contributed by atoms with Gasteiger partial charge in [0.05, 0.1) is 6.61 Å². The second-order valence-electron chi connectivity index (χ2n) is 6.52. The first-order valence-electron chi connectivity index (χ1n) is 8.35. The van der Waals surface area contributed by atoms with E-state index in [0.29, 0.717) is 12.0 Å². The molecule has 0 aliphatic carbocycles. The maximum atomic E-state index is 5.85. The summed E-state index contributed by atoms with van der Waals surface area (Å²) >= 11 is 0. The van der Waals surface area contributed by atoms with E-state index >= 15 is 0 Å². The molecule has 3 atom stereocenters. The van der Waals surface area contributed by atoms with E-state index in [1.54, 1.807) is 0 Å². The molecule has 3 unspecified atom stereocenters. The average molecular weight is 288 g/mol. The lowest BCUT2D eigenvalue weighted by Gasteiger charge is -2.40. The van der Waals surface area contributed by atoms with Gasteiger partial charge in [0.2, 0.25) is 0 Å². The Bertz CT molecular complexity index is 462. The summed E-state index contributed by atoms with van der Waals surface area (Å²) < 4.78 is 5.85. The number of benzene rings is 1. The molecule has 116 valence electrons. The van der Waals surface area contributed by atoms with E-state index < -0.39 is 0 Å². The minimum atomic E-state index is 0.407. The molecular weight excluding hydrogens is 260 g/mol. The third-order valence-corrected chi connectivity index (χ3v) is 5.47. The van der Waals surface area contributed by atoms with E-state index in [0.717, 1.165) is 24.4 Å². The van der Waals surface area contributed by atoms with E-state index in [9.17, 15) is 0 Å². The van der Waals surface area contributed by atoms with Gasteiger partial charge in [0.25, 0.3) is 0 Å². The van der Waals surface area contributed by atoms with Gasteiger partial charge in [-0.05, 0) is 58.7 Å². The molecule has 3 rings (SSSR count). The van der Waals surface area contributed by atoms with E-state index in [2.05, 4.69) is 55.5 Å². The van der Waals surface area contributed by atoms with Gasteiger partial charge in [-0.1, -0.05) is 18.2 Å². The Balaban J connectivity index is 1.82. The van der Waals surface area contributed by atoms with Crippen LogP contribution in [0.15, 0.2) is 24.3 Å². The molecule has 1 aromatic carbocycles. The predicted octanol–water partition coefficient (Wildman–Crippen LogP) is 3.22. The first kappa shape index (κ1) is 14.9. The van der Waals surface area contributed by atoms with Crippen LogP contribution >= 0.6 is 0 Å². The van der Waals surface area contributed by atoms with Crippen LogP contribution < -0.4 is 10.1 Å². The van der Waals surface area contributed by atoms with E-state index in [1.165, 1.54) is 31.2 Å². The third-order valence-electron chi connectivity index (χ3n) is 5.47. The van der Waals surface area contributed by atoms with Gasteiger partial charge >= 0.3 is 0 Å². The molecule has 2 bridgehead atoms. The molecule has 2 aliphatic rings. The van der Waals surface area contributed by atoms with Gasteiger partial charge in [0.15, 0.2) is 0 Å². The van der Waals surface area contributed by atoms with Crippen molar-refractivity contribution in [3.05, 3.63) is 29.8 Å². The van der Waals surface area contributed by atoms with Crippen LogP contribution in [0.3, 0.4) is 0 Å². The predicted molar refractivity (Wildman–Crippen MR) is 86.7 cm³/mol. The molecule has 2 fully saturated rings. The van der Waals surface area contributed by atoms with E-state index in [4.69, 9.17) is 4.74 Å². The normalized spacial score (nSPS) is 30.3. The zero-order chi connectivity index (χ0) is 14.8. The summed E-state index contributed by atoms with van der Waals surface area (Å²) in [5, 5.41) is 3.57. The highest BCUT2D eigenvalue weighted by atomic mass is 16.5. The summed E-state index contributed by atoms with van der Waals surface area (Å²) in [5.41, 5.74) is 1.33. The molecule has 1 aromatic rings.